The van der Waals surface area contributed by atoms with E-state index in [1.807, 2.05) is 19.1 Å². The zero-order valence-corrected chi connectivity index (χ0v) is 8.12. The minimum Gasteiger partial charge on any atom is -0.366 e. The van der Waals surface area contributed by atoms with Gasteiger partial charge in [0, 0.05) is 6.04 Å². The Balaban J connectivity index is 2.49. The number of aryl methyl sites for hydroxylation is 1. The molecule has 0 fully saturated rings. The predicted octanol–water partition coefficient (Wildman–Crippen LogP) is 0.934. The normalized spacial score (nSPS) is 12.5. The molecule has 0 radical (unpaired) electrons. The molecular weight excluding hydrogens is 164 g/mol. The van der Waals surface area contributed by atoms with E-state index in [0.29, 0.717) is 12.6 Å². The summed E-state index contributed by atoms with van der Waals surface area (Å²) in [6.07, 6.45) is 0.940. The Labute approximate surface area is 78.6 Å². The van der Waals surface area contributed by atoms with Crippen LogP contribution in [-0.2, 0) is 0 Å². The number of anilines is 1. The first-order valence-corrected chi connectivity index (χ1v) is 4.49. The molecule has 0 bridgehead atoms. The molecule has 1 atom stereocenters. The fourth-order valence-electron chi connectivity index (χ4n) is 1.05. The van der Waals surface area contributed by atoms with Gasteiger partial charge in [0.2, 0.25) is 0 Å². The van der Waals surface area contributed by atoms with E-state index in [4.69, 9.17) is 5.73 Å². The Morgan fingerprint density at radius 1 is 1.46 bits per heavy atom. The van der Waals surface area contributed by atoms with Gasteiger partial charge in [-0.3, -0.25) is 0 Å². The second-order valence-corrected chi connectivity index (χ2v) is 3.18. The van der Waals surface area contributed by atoms with Crippen LogP contribution in [0, 0.1) is 6.92 Å². The topological polar surface area (TPSA) is 63.8 Å². The van der Waals surface area contributed by atoms with Crippen LogP contribution in [0.1, 0.15) is 19.0 Å². The Kier molecular flexibility index (Phi) is 3.64. The molecule has 1 aromatic rings. The van der Waals surface area contributed by atoms with Gasteiger partial charge in [-0.05, 0) is 38.9 Å². The van der Waals surface area contributed by atoms with Crippen molar-refractivity contribution in [3.8, 4) is 0 Å². The second kappa shape index (κ2) is 4.77. The highest BCUT2D eigenvalue weighted by Gasteiger charge is 2.00. The quantitative estimate of drug-likeness (QED) is 0.723. The van der Waals surface area contributed by atoms with Crippen molar-refractivity contribution in [2.45, 2.75) is 26.3 Å². The van der Waals surface area contributed by atoms with Crippen molar-refractivity contribution >= 4 is 5.82 Å². The molecule has 1 aromatic heterocycles. The van der Waals surface area contributed by atoms with Crippen LogP contribution in [0.5, 0.6) is 0 Å². The predicted molar refractivity (Wildman–Crippen MR) is 53.5 cm³/mol. The van der Waals surface area contributed by atoms with E-state index in [2.05, 4.69) is 22.4 Å². The highest BCUT2D eigenvalue weighted by atomic mass is 15.2. The number of hydrogen-bond acceptors (Lipinski definition) is 4. The van der Waals surface area contributed by atoms with Crippen LogP contribution >= 0.6 is 0 Å². The zero-order chi connectivity index (χ0) is 9.68. The first-order chi connectivity index (χ1) is 6.22. The van der Waals surface area contributed by atoms with Crippen molar-refractivity contribution in [3.05, 3.63) is 17.8 Å². The van der Waals surface area contributed by atoms with E-state index < -0.39 is 0 Å². The van der Waals surface area contributed by atoms with E-state index >= 15 is 0 Å². The van der Waals surface area contributed by atoms with Crippen LogP contribution < -0.4 is 11.1 Å². The molecule has 0 aliphatic rings. The Morgan fingerprint density at radius 3 is 2.77 bits per heavy atom. The number of hydrogen-bond donors (Lipinski definition) is 2. The maximum atomic E-state index is 5.43. The fraction of sp³-hybridized carbons (Fsp3) is 0.556. The van der Waals surface area contributed by atoms with Gasteiger partial charge in [0.25, 0.3) is 0 Å². The number of rotatable bonds is 4. The minimum absolute atomic E-state index is 0.349. The molecule has 4 nitrogen and oxygen atoms in total. The second-order valence-electron chi connectivity index (χ2n) is 3.18. The van der Waals surface area contributed by atoms with Gasteiger partial charge in [0.1, 0.15) is 5.82 Å². The molecule has 1 heterocycles. The highest BCUT2D eigenvalue weighted by molar-refractivity contribution is 5.33. The van der Waals surface area contributed by atoms with Gasteiger partial charge < -0.3 is 11.1 Å². The molecule has 1 rings (SSSR count). The lowest BCUT2D eigenvalue weighted by Crippen LogP contribution is -2.20. The molecule has 0 spiro atoms. The summed E-state index contributed by atoms with van der Waals surface area (Å²) in [7, 11) is 0. The summed E-state index contributed by atoms with van der Waals surface area (Å²) >= 11 is 0. The fourth-order valence-corrected chi connectivity index (χ4v) is 1.05. The molecule has 13 heavy (non-hydrogen) atoms. The molecule has 0 saturated heterocycles. The average Bonchev–Trinajstić information content (AvgIpc) is 2.09. The Morgan fingerprint density at radius 2 is 2.23 bits per heavy atom. The smallest absolute Gasteiger partial charge is 0.148 e. The Hall–Kier alpha value is -1.16. The molecule has 0 amide bonds. The molecule has 0 aromatic carbocycles. The average molecular weight is 180 g/mol. The van der Waals surface area contributed by atoms with Crippen molar-refractivity contribution in [1.29, 1.82) is 0 Å². The lowest BCUT2D eigenvalue weighted by molar-refractivity contribution is 0.710. The molecule has 0 aliphatic heterocycles. The van der Waals surface area contributed by atoms with Gasteiger partial charge in [-0.2, -0.15) is 5.10 Å². The van der Waals surface area contributed by atoms with E-state index in [1.165, 1.54) is 0 Å². The van der Waals surface area contributed by atoms with Crippen LogP contribution in [0.2, 0.25) is 0 Å². The number of aromatic nitrogens is 2. The highest BCUT2D eigenvalue weighted by Crippen LogP contribution is 2.04. The molecule has 0 saturated carbocycles. The van der Waals surface area contributed by atoms with E-state index in [-0.39, 0.29) is 0 Å². The third-order valence-corrected chi connectivity index (χ3v) is 1.79. The number of nitrogens with zero attached hydrogens (tertiary/aromatic N) is 2. The lowest BCUT2D eigenvalue weighted by Gasteiger charge is -2.12. The summed E-state index contributed by atoms with van der Waals surface area (Å²) in [5.74, 6) is 0.812. The van der Waals surface area contributed by atoms with Gasteiger partial charge in [-0.1, -0.05) is 0 Å². The number of nitrogens with two attached hydrogens (primary N) is 1. The van der Waals surface area contributed by atoms with Crippen molar-refractivity contribution < 1.29 is 0 Å². The minimum atomic E-state index is 0.349. The van der Waals surface area contributed by atoms with Gasteiger partial charge >= 0.3 is 0 Å². The third kappa shape index (κ3) is 3.38. The monoisotopic (exact) mass is 180 g/mol. The SMILES string of the molecule is Cc1ccc(NC(C)CCN)nn1. The maximum absolute atomic E-state index is 5.43. The Bertz CT molecular complexity index is 244. The molecule has 4 heteroatoms. The molecular formula is C9H16N4. The van der Waals surface area contributed by atoms with Crippen LogP contribution in [-0.4, -0.2) is 22.8 Å². The van der Waals surface area contributed by atoms with Crippen molar-refractivity contribution in [2.75, 3.05) is 11.9 Å². The summed E-state index contributed by atoms with van der Waals surface area (Å²) in [6, 6.07) is 4.21. The van der Waals surface area contributed by atoms with E-state index in [0.717, 1.165) is 17.9 Å². The first-order valence-electron chi connectivity index (χ1n) is 4.49. The molecule has 1 unspecified atom stereocenters. The van der Waals surface area contributed by atoms with Gasteiger partial charge in [-0.25, -0.2) is 0 Å². The van der Waals surface area contributed by atoms with Gasteiger partial charge in [-0.15, -0.1) is 5.10 Å². The zero-order valence-electron chi connectivity index (χ0n) is 8.12. The molecule has 3 N–H and O–H groups in total. The first kappa shape index (κ1) is 9.92. The number of nitrogens with one attached hydrogen (secondary N) is 1. The van der Waals surface area contributed by atoms with E-state index in [1.54, 1.807) is 0 Å². The van der Waals surface area contributed by atoms with Gasteiger partial charge in [0.05, 0.1) is 5.69 Å². The summed E-state index contributed by atoms with van der Waals surface area (Å²) in [4.78, 5) is 0. The van der Waals surface area contributed by atoms with Crippen LogP contribution in [0.25, 0.3) is 0 Å². The summed E-state index contributed by atoms with van der Waals surface area (Å²) in [6.45, 7) is 4.68. The van der Waals surface area contributed by atoms with Crippen molar-refractivity contribution in [2.24, 2.45) is 5.73 Å². The third-order valence-electron chi connectivity index (χ3n) is 1.79. The standard InChI is InChI=1S/C9H16N4/c1-7(5-6-10)11-9-4-3-8(2)12-13-9/h3-4,7H,5-6,10H2,1-2H3,(H,11,13). The maximum Gasteiger partial charge on any atom is 0.148 e. The van der Waals surface area contributed by atoms with Gasteiger partial charge in [0.15, 0.2) is 0 Å². The van der Waals surface area contributed by atoms with Crippen LogP contribution in [0.3, 0.4) is 0 Å². The van der Waals surface area contributed by atoms with Crippen LogP contribution in [0.15, 0.2) is 12.1 Å². The molecule has 0 aliphatic carbocycles. The van der Waals surface area contributed by atoms with Crippen molar-refractivity contribution in [1.82, 2.24) is 10.2 Å². The lowest BCUT2D eigenvalue weighted by atomic mass is 10.2. The molecule has 72 valence electrons. The van der Waals surface area contributed by atoms with Crippen molar-refractivity contribution in [3.63, 3.8) is 0 Å². The van der Waals surface area contributed by atoms with E-state index in [9.17, 15) is 0 Å². The summed E-state index contributed by atoms with van der Waals surface area (Å²) in [5.41, 5.74) is 6.36. The largest absolute Gasteiger partial charge is 0.366 e. The summed E-state index contributed by atoms with van der Waals surface area (Å²) < 4.78 is 0. The van der Waals surface area contributed by atoms with Crippen LogP contribution in [0.4, 0.5) is 5.82 Å². The summed E-state index contributed by atoms with van der Waals surface area (Å²) in [5, 5.41) is 11.2.